The van der Waals surface area contributed by atoms with Gasteiger partial charge in [-0.1, -0.05) is 19.1 Å². The fourth-order valence-corrected chi connectivity index (χ4v) is 1.56. The van der Waals surface area contributed by atoms with Crippen LogP contribution in [0.5, 0.6) is 5.75 Å². The Bertz CT molecular complexity index is 497. The molecule has 7 heteroatoms. The van der Waals surface area contributed by atoms with Gasteiger partial charge in [0.25, 0.3) is 0 Å². The Hall–Kier alpha value is -2.05. The maximum atomic E-state index is 12.1. The summed E-state index contributed by atoms with van der Waals surface area (Å²) in [4.78, 5) is 23.0. The van der Waals surface area contributed by atoms with Crippen LogP contribution in [0.25, 0.3) is 0 Å². The molecule has 1 aromatic rings. The van der Waals surface area contributed by atoms with Crippen LogP contribution >= 0.6 is 0 Å². The molecule has 0 fully saturated rings. The molecule has 20 heavy (non-hydrogen) atoms. The number of Topliss-reactive ketones (excluding diaryl/α,β-unsaturated/α-hetero) is 1. The molecule has 0 aliphatic heterocycles. The van der Waals surface area contributed by atoms with Gasteiger partial charge in [-0.3, -0.25) is 9.59 Å². The number of ketones is 1. The van der Waals surface area contributed by atoms with Gasteiger partial charge in [-0.2, -0.15) is 0 Å². The molecular weight excluding hydrogens is 277 g/mol. The molecule has 110 valence electrons. The van der Waals surface area contributed by atoms with E-state index in [-0.39, 0.29) is 12.0 Å². The number of hydrogen-bond acceptors (Lipinski definition) is 4. The maximum absolute atomic E-state index is 12.1. The van der Waals surface area contributed by atoms with Crippen LogP contribution in [0.1, 0.15) is 23.7 Å². The zero-order valence-corrected chi connectivity index (χ0v) is 10.9. The highest BCUT2D eigenvalue weighted by Crippen LogP contribution is 2.24. The van der Waals surface area contributed by atoms with Crippen molar-refractivity contribution >= 4 is 11.8 Å². The average Bonchev–Trinajstić information content (AvgIpc) is 2.35. The zero-order chi connectivity index (χ0) is 15.3. The quantitative estimate of drug-likeness (QED) is 0.618. The summed E-state index contributed by atoms with van der Waals surface area (Å²) < 4.78 is 44.4. The minimum atomic E-state index is -4.82. The first-order chi connectivity index (χ1) is 9.23. The first kappa shape index (κ1) is 16.0. The van der Waals surface area contributed by atoms with Gasteiger partial charge in [0, 0.05) is 11.5 Å². The first-order valence-corrected chi connectivity index (χ1v) is 5.70. The van der Waals surface area contributed by atoms with Crippen molar-refractivity contribution in [1.82, 2.24) is 0 Å². The van der Waals surface area contributed by atoms with E-state index in [0.29, 0.717) is 0 Å². The molecule has 4 nitrogen and oxygen atoms in total. The molecule has 1 aromatic carbocycles. The van der Waals surface area contributed by atoms with Gasteiger partial charge in [-0.25, -0.2) is 0 Å². The summed E-state index contributed by atoms with van der Waals surface area (Å²) in [6.07, 6.45) is -4.96. The molecule has 0 aromatic heterocycles. The standard InChI is InChI=1S/C13H13F3O4/c1-8(6-11(17)19-2)12(18)9-4-3-5-10(7-9)20-13(14,15)16/h3-5,7-8H,6H2,1-2H3. The number of carbonyl (C=O) groups is 2. The van der Waals surface area contributed by atoms with E-state index in [4.69, 9.17) is 0 Å². The highest BCUT2D eigenvalue weighted by molar-refractivity contribution is 5.99. The Labute approximate surface area is 113 Å². The predicted octanol–water partition coefficient (Wildman–Crippen LogP) is 2.97. The molecule has 0 radical (unpaired) electrons. The van der Waals surface area contributed by atoms with Crippen LogP contribution in [-0.2, 0) is 9.53 Å². The average molecular weight is 290 g/mol. The number of alkyl halides is 3. The molecule has 0 N–H and O–H groups in total. The molecule has 1 unspecified atom stereocenters. The van der Waals surface area contributed by atoms with Gasteiger partial charge in [0.05, 0.1) is 13.5 Å². The third-order valence-electron chi connectivity index (χ3n) is 2.50. The van der Waals surface area contributed by atoms with E-state index < -0.39 is 29.8 Å². The molecule has 1 rings (SSSR count). The number of methoxy groups -OCH3 is 1. The second kappa shape index (κ2) is 6.40. The van der Waals surface area contributed by atoms with Crippen LogP contribution < -0.4 is 4.74 Å². The van der Waals surface area contributed by atoms with Gasteiger partial charge >= 0.3 is 12.3 Å². The molecular formula is C13H13F3O4. The summed E-state index contributed by atoms with van der Waals surface area (Å²) >= 11 is 0. The Kier molecular flexibility index (Phi) is 5.12. The molecule has 0 bridgehead atoms. The summed E-state index contributed by atoms with van der Waals surface area (Å²) in [7, 11) is 1.19. The van der Waals surface area contributed by atoms with Crippen molar-refractivity contribution in [2.24, 2.45) is 5.92 Å². The largest absolute Gasteiger partial charge is 0.573 e. The lowest BCUT2D eigenvalue weighted by atomic mass is 9.96. The van der Waals surface area contributed by atoms with E-state index in [1.54, 1.807) is 0 Å². The summed E-state index contributed by atoms with van der Waals surface area (Å²) in [6.45, 7) is 1.50. The minimum Gasteiger partial charge on any atom is -0.469 e. The third-order valence-corrected chi connectivity index (χ3v) is 2.50. The summed E-state index contributed by atoms with van der Waals surface area (Å²) in [5.74, 6) is -2.19. The van der Waals surface area contributed by atoms with Crippen LogP contribution in [0, 0.1) is 5.92 Å². The van der Waals surface area contributed by atoms with Crippen molar-refractivity contribution in [2.75, 3.05) is 7.11 Å². The van der Waals surface area contributed by atoms with Crippen molar-refractivity contribution in [3.63, 3.8) is 0 Å². The van der Waals surface area contributed by atoms with E-state index >= 15 is 0 Å². The lowest BCUT2D eigenvalue weighted by molar-refractivity contribution is -0.274. The fraction of sp³-hybridized carbons (Fsp3) is 0.385. The molecule has 0 saturated carbocycles. The number of hydrogen-bond donors (Lipinski definition) is 0. The van der Waals surface area contributed by atoms with Gasteiger partial charge < -0.3 is 9.47 Å². The highest BCUT2D eigenvalue weighted by Gasteiger charge is 2.31. The molecule has 0 saturated heterocycles. The number of carbonyl (C=O) groups excluding carboxylic acids is 2. The molecule has 0 aliphatic rings. The lowest BCUT2D eigenvalue weighted by Crippen LogP contribution is -2.19. The van der Waals surface area contributed by atoms with Gasteiger partial charge in [-0.05, 0) is 12.1 Å². The molecule has 0 aliphatic carbocycles. The lowest BCUT2D eigenvalue weighted by Gasteiger charge is -2.12. The van der Waals surface area contributed by atoms with E-state index in [9.17, 15) is 22.8 Å². The monoisotopic (exact) mass is 290 g/mol. The molecule has 0 amide bonds. The van der Waals surface area contributed by atoms with Crippen molar-refractivity contribution in [3.8, 4) is 5.75 Å². The minimum absolute atomic E-state index is 0.0446. The topological polar surface area (TPSA) is 52.6 Å². The smallest absolute Gasteiger partial charge is 0.469 e. The summed E-state index contributed by atoms with van der Waals surface area (Å²) in [5, 5.41) is 0. The van der Waals surface area contributed by atoms with E-state index in [0.717, 1.165) is 12.1 Å². The van der Waals surface area contributed by atoms with E-state index in [1.165, 1.54) is 26.2 Å². The zero-order valence-electron chi connectivity index (χ0n) is 10.9. The third kappa shape index (κ3) is 4.91. The predicted molar refractivity (Wildman–Crippen MR) is 63.3 cm³/mol. The van der Waals surface area contributed by atoms with E-state index in [1.807, 2.05) is 0 Å². The number of halogens is 3. The maximum Gasteiger partial charge on any atom is 0.573 e. The molecule has 1 atom stereocenters. The SMILES string of the molecule is COC(=O)CC(C)C(=O)c1cccc(OC(F)(F)F)c1. The van der Waals surface area contributed by atoms with Crippen LogP contribution in [0.15, 0.2) is 24.3 Å². The van der Waals surface area contributed by atoms with Crippen molar-refractivity contribution < 1.29 is 32.2 Å². The van der Waals surface area contributed by atoms with Gasteiger partial charge in [0.2, 0.25) is 0 Å². The van der Waals surface area contributed by atoms with Crippen LogP contribution in [0.2, 0.25) is 0 Å². The van der Waals surface area contributed by atoms with Crippen LogP contribution in [0.3, 0.4) is 0 Å². The Morgan fingerprint density at radius 1 is 1.30 bits per heavy atom. The van der Waals surface area contributed by atoms with Crippen molar-refractivity contribution in [2.45, 2.75) is 19.7 Å². The highest BCUT2D eigenvalue weighted by atomic mass is 19.4. The normalized spacial score (nSPS) is 12.7. The van der Waals surface area contributed by atoms with Gasteiger partial charge in [0.1, 0.15) is 5.75 Å². The number of ether oxygens (including phenoxy) is 2. The fourth-order valence-electron chi connectivity index (χ4n) is 1.56. The Morgan fingerprint density at radius 3 is 2.50 bits per heavy atom. The summed E-state index contributed by atoms with van der Waals surface area (Å²) in [6, 6.07) is 4.72. The molecule has 0 heterocycles. The van der Waals surface area contributed by atoms with Gasteiger partial charge in [0.15, 0.2) is 5.78 Å². The Morgan fingerprint density at radius 2 is 1.95 bits per heavy atom. The second-order valence-electron chi connectivity index (χ2n) is 4.12. The van der Waals surface area contributed by atoms with Crippen LogP contribution in [-0.4, -0.2) is 25.2 Å². The summed E-state index contributed by atoms with van der Waals surface area (Å²) in [5.41, 5.74) is 0.0446. The van der Waals surface area contributed by atoms with Gasteiger partial charge in [-0.15, -0.1) is 13.2 Å². The first-order valence-electron chi connectivity index (χ1n) is 5.70. The number of rotatable bonds is 5. The van der Waals surface area contributed by atoms with Crippen molar-refractivity contribution in [3.05, 3.63) is 29.8 Å². The number of benzene rings is 1. The number of esters is 1. The van der Waals surface area contributed by atoms with Crippen LogP contribution in [0.4, 0.5) is 13.2 Å². The second-order valence-corrected chi connectivity index (χ2v) is 4.12. The van der Waals surface area contributed by atoms with Crippen molar-refractivity contribution in [1.29, 1.82) is 0 Å². The Balaban J connectivity index is 2.83. The molecule has 0 spiro atoms. The van der Waals surface area contributed by atoms with E-state index in [2.05, 4.69) is 9.47 Å².